The van der Waals surface area contributed by atoms with Crippen molar-refractivity contribution in [1.29, 1.82) is 0 Å². The summed E-state index contributed by atoms with van der Waals surface area (Å²) in [5.74, 6) is 0.842. The third kappa shape index (κ3) is 4.76. The van der Waals surface area contributed by atoms with Gasteiger partial charge in [0.25, 0.3) is 0 Å². The molecule has 1 heteroatoms. The van der Waals surface area contributed by atoms with Crippen LogP contribution < -0.4 is 5.32 Å². The first-order chi connectivity index (χ1) is 5.76. The van der Waals surface area contributed by atoms with E-state index in [2.05, 4.69) is 33.0 Å². The van der Waals surface area contributed by atoms with E-state index in [1.54, 1.807) is 0 Å². The highest BCUT2D eigenvalue weighted by molar-refractivity contribution is 4.70. The second-order valence-electron chi connectivity index (χ2n) is 3.69. The van der Waals surface area contributed by atoms with Crippen molar-refractivity contribution in [2.75, 3.05) is 6.54 Å². The summed E-state index contributed by atoms with van der Waals surface area (Å²) < 4.78 is 0. The van der Waals surface area contributed by atoms with Gasteiger partial charge in [0.1, 0.15) is 0 Å². The van der Waals surface area contributed by atoms with Gasteiger partial charge in [0.2, 0.25) is 0 Å². The lowest BCUT2D eigenvalue weighted by molar-refractivity contribution is 0.346. The van der Waals surface area contributed by atoms with Gasteiger partial charge in [-0.1, -0.05) is 40.5 Å². The highest BCUT2D eigenvalue weighted by Crippen LogP contribution is 2.14. The molecule has 0 fully saturated rings. The van der Waals surface area contributed by atoms with Gasteiger partial charge in [0, 0.05) is 6.04 Å². The van der Waals surface area contributed by atoms with Crippen molar-refractivity contribution in [1.82, 2.24) is 5.32 Å². The standard InChI is InChI=1S/C11H25N/c1-5-8-9-10(4)11(6-2)12-7-3/h10-12H,5-9H2,1-4H3. The molecule has 0 rings (SSSR count). The molecule has 0 heterocycles. The van der Waals surface area contributed by atoms with Gasteiger partial charge >= 0.3 is 0 Å². The monoisotopic (exact) mass is 171 g/mol. The molecule has 0 amide bonds. The Balaban J connectivity index is 3.60. The maximum Gasteiger partial charge on any atom is 0.00899 e. The lowest BCUT2D eigenvalue weighted by Crippen LogP contribution is -2.34. The van der Waals surface area contributed by atoms with E-state index in [0.29, 0.717) is 0 Å². The Morgan fingerprint density at radius 1 is 1.17 bits per heavy atom. The second kappa shape index (κ2) is 7.60. The zero-order valence-electron chi connectivity index (χ0n) is 9.19. The van der Waals surface area contributed by atoms with Crippen LogP contribution in [0, 0.1) is 5.92 Å². The first-order valence-electron chi connectivity index (χ1n) is 5.49. The minimum Gasteiger partial charge on any atom is -0.314 e. The van der Waals surface area contributed by atoms with Gasteiger partial charge < -0.3 is 5.32 Å². The highest BCUT2D eigenvalue weighted by Gasteiger charge is 2.12. The van der Waals surface area contributed by atoms with Gasteiger partial charge in [-0.15, -0.1) is 0 Å². The lowest BCUT2D eigenvalue weighted by atomic mass is 9.94. The summed E-state index contributed by atoms with van der Waals surface area (Å²) in [5.41, 5.74) is 0. The molecule has 0 saturated heterocycles. The number of hydrogen-bond acceptors (Lipinski definition) is 1. The zero-order chi connectivity index (χ0) is 9.40. The Bertz CT molecular complexity index is 91.0. The van der Waals surface area contributed by atoms with Gasteiger partial charge in [-0.3, -0.25) is 0 Å². The van der Waals surface area contributed by atoms with E-state index in [4.69, 9.17) is 0 Å². The Labute approximate surface area is 77.9 Å². The zero-order valence-corrected chi connectivity index (χ0v) is 9.19. The second-order valence-corrected chi connectivity index (χ2v) is 3.69. The van der Waals surface area contributed by atoms with Crippen LogP contribution in [0.3, 0.4) is 0 Å². The van der Waals surface area contributed by atoms with Crippen LogP contribution in [0.5, 0.6) is 0 Å². The molecule has 0 aromatic heterocycles. The number of hydrogen-bond donors (Lipinski definition) is 1. The molecule has 2 atom stereocenters. The summed E-state index contributed by atoms with van der Waals surface area (Å²) in [5, 5.41) is 3.54. The van der Waals surface area contributed by atoms with Crippen molar-refractivity contribution in [3.63, 3.8) is 0 Å². The summed E-state index contributed by atoms with van der Waals surface area (Å²) in [6.45, 7) is 10.2. The van der Waals surface area contributed by atoms with Crippen LogP contribution in [-0.4, -0.2) is 12.6 Å². The molecule has 0 aliphatic rings. The molecule has 74 valence electrons. The SMILES string of the molecule is CCCCC(C)C(CC)NCC. The predicted molar refractivity (Wildman–Crippen MR) is 56.4 cm³/mol. The van der Waals surface area contributed by atoms with E-state index < -0.39 is 0 Å². The van der Waals surface area contributed by atoms with Crippen molar-refractivity contribution in [2.24, 2.45) is 5.92 Å². The Hall–Kier alpha value is -0.0400. The molecular formula is C11H25N. The number of unbranched alkanes of at least 4 members (excludes halogenated alkanes) is 1. The third-order valence-corrected chi connectivity index (χ3v) is 2.61. The highest BCUT2D eigenvalue weighted by atomic mass is 14.9. The Kier molecular flexibility index (Phi) is 7.58. The van der Waals surface area contributed by atoms with E-state index in [1.165, 1.54) is 25.7 Å². The summed E-state index contributed by atoms with van der Waals surface area (Å²) >= 11 is 0. The summed E-state index contributed by atoms with van der Waals surface area (Å²) in [6, 6.07) is 0.738. The van der Waals surface area contributed by atoms with Crippen LogP contribution in [0.15, 0.2) is 0 Å². The van der Waals surface area contributed by atoms with Gasteiger partial charge in [0.05, 0.1) is 0 Å². The van der Waals surface area contributed by atoms with E-state index in [9.17, 15) is 0 Å². The maximum atomic E-state index is 3.54. The molecule has 0 aromatic rings. The van der Waals surface area contributed by atoms with Crippen molar-refractivity contribution in [3.8, 4) is 0 Å². The summed E-state index contributed by atoms with van der Waals surface area (Å²) in [4.78, 5) is 0. The average Bonchev–Trinajstić information content (AvgIpc) is 2.10. The van der Waals surface area contributed by atoms with Crippen molar-refractivity contribution in [3.05, 3.63) is 0 Å². The fraction of sp³-hybridized carbons (Fsp3) is 1.00. The number of rotatable bonds is 7. The van der Waals surface area contributed by atoms with Crippen molar-refractivity contribution in [2.45, 2.75) is 59.4 Å². The molecule has 0 saturated carbocycles. The van der Waals surface area contributed by atoms with Crippen LogP contribution >= 0.6 is 0 Å². The normalized spacial score (nSPS) is 16.0. The van der Waals surface area contributed by atoms with Crippen molar-refractivity contribution >= 4 is 0 Å². The van der Waals surface area contributed by atoms with Gasteiger partial charge in [0.15, 0.2) is 0 Å². The Morgan fingerprint density at radius 2 is 1.83 bits per heavy atom. The van der Waals surface area contributed by atoms with Crippen molar-refractivity contribution < 1.29 is 0 Å². The minimum atomic E-state index is 0.738. The van der Waals surface area contributed by atoms with Crippen LogP contribution in [0.2, 0.25) is 0 Å². The van der Waals surface area contributed by atoms with E-state index in [0.717, 1.165) is 18.5 Å². The fourth-order valence-electron chi connectivity index (χ4n) is 1.74. The first-order valence-corrected chi connectivity index (χ1v) is 5.49. The van der Waals surface area contributed by atoms with Crippen LogP contribution in [0.1, 0.15) is 53.4 Å². The molecule has 12 heavy (non-hydrogen) atoms. The molecule has 0 bridgehead atoms. The largest absolute Gasteiger partial charge is 0.314 e. The van der Waals surface area contributed by atoms with E-state index in [-0.39, 0.29) is 0 Å². The third-order valence-electron chi connectivity index (χ3n) is 2.61. The smallest absolute Gasteiger partial charge is 0.00899 e. The molecule has 2 unspecified atom stereocenters. The molecule has 0 aromatic carbocycles. The number of nitrogens with one attached hydrogen (secondary N) is 1. The van der Waals surface area contributed by atoms with Gasteiger partial charge in [-0.25, -0.2) is 0 Å². The molecule has 0 aliphatic heterocycles. The molecule has 0 aliphatic carbocycles. The van der Waals surface area contributed by atoms with E-state index in [1.807, 2.05) is 0 Å². The minimum absolute atomic E-state index is 0.738. The first kappa shape index (κ1) is 12.0. The maximum absolute atomic E-state index is 3.54. The van der Waals surface area contributed by atoms with Crippen LogP contribution in [0.4, 0.5) is 0 Å². The average molecular weight is 171 g/mol. The lowest BCUT2D eigenvalue weighted by Gasteiger charge is -2.23. The Morgan fingerprint density at radius 3 is 2.25 bits per heavy atom. The molecule has 1 nitrogen and oxygen atoms in total. The molecule has 0 radical (unpaired) electrons. The summed E-state index contributed by atoms with van der Waals surface area (Å²) in [7, 11) is 0. The van der Waals surface area contributed by atoms with Gasteiger partial charge in [-0.2, -0.15) is 0 Å². The predicted octanol–water partition coefficient (Wildman–Crippen LogP) is 3.20. The molecule has 1 N–H and O–H groups in total. The molecule has 0 spiro atoms. The summed E-state index contributed by atoms with van der Waals surface area (Å²) in [6.07, 6.45) is 5.34. The quantitative estimate of drug-likeness (QED) is 0.620. The van der Waals surface area contributed by atoms with Crippen LogP contribution in [-0.2, 0) is 0 Å². The van der Waals surface area contributed by atoms with Crippen LogP contribution in [0.25, 0.3) is 0 Å². The van der Waals surface area contributed by atoms with E-state index >= 15 is 0 Å². The van der Waals surface area contributed by atoms with Gasteiger partial charge in [-0.05, 0) is 25.3 Å². The topological polar surface area (TPSA) is 12.0 Å². The fourth-order valence-corrected chi connectivity index (χ4v) is 1.74. The molecular weight excluding hydrogens is 146 g/mol.